The molecule has 0 amide bonds. The van der Waals surface area contributed by atoms with Gasteiger partial charge in [-0.15, -0.1) is 0 Å². The van der Waals surface area contributed by atoms with Crippen LogP contribution in [0.5, 0.6) is 5.75 Å². The van der Waals surface area contributed by atoms with E-state index in [0.717, 1.165) is 26.2 Å². The Morgan fingerprint density at radius 2 is 2.06 bits per heavy atom. The van der Waals surface area contributed by atoms with Crippen LogP contribution in [0.1, 0.15) is 5.69 Å². The number of nitrogens with zero attached hydrogens (tertiary/aromatic N) is 1. The molecule has 94 valence electrons. The summed E-state index contributed by atoms with van der Waals surface area (Å²) in [5.74, 6) is 0.822. The highest BCUT2D eigenvalue weighted by atomic mass is 79.9. The molecule has 0 spiro atoms. The van der Waals surface area contributed by atoms with E-state index in [1.807, 2.05) is 36.4 Å². The van der Waals surface area contributed by atoms with E-state index < -0.39 is 0 Å². The minimum atomic E-state index is 0.658. The number of aromatic nitrogens is 1. The summed E-state index contributed by atoms with van der Waals surface area (Å²) < 4.78 is 7.03. The second-order valence-electron chi connectivity index (χ2n) is 3.65. The molecule has 2 aromatic rings. The first-order chi connectivity index (χ1) is 8.69. The van der Waals surface area contributed by atoms with Gasteiger partial charge in [-0.3, -0.25) is 0 Å². The minimum Gasteiger partial charge on any atom is -0.497 e. The third-order valence-electron chi connectivity index (χ3n) is 2.41. The van der Waals surface area contributed by atoms with E-state index in [0.29, 0.717) is 6.54 Å². The van der Waals surface area contributed by atoms with Gasteiger partial charge in [0.2, 0.25) is 0 Å². The number of rotatable bonds is 4. The van der Waals surface area contributed by atoms with Crippen LogP contribution in [0.25, 0.3) is 0 Å². The molecule has 0 unspecified atom stereocenters. The summed E-state index contributed by atoms with van der Waals surface area (Å²) in [5, 5.41) is 3.32. The van der Waals surface area contributed by atoms with E-state index in [1.54, 1.807) is 7.11 Å². The summed E-state index contributed by atoms with van der Waals surface area (Å²) in [6, 6.07) is 11.7. The van der Waals surface area contributed by atoms with Gasteiger partial charge < -0.3 is 10.1 Å². The standard InChI is InChI=1S/C13H12Br2N2O/c1-18-10-5-6-11(14)12(7-10)16-8-9-3-2-4-13(15)17-9/h2-7,16H,8H2,1H3. The first kappa shape index (κ1) is 13.4. The molecule has 2 rings (SSSR count). The van der Waals surface area contributed by atoms with E-state index in [-0.39, 0.29) is 0 Å². The molecule has 1 heterocycles. The third-order valence-corrected chi connectivity index (χ3v) is 3.54. The number of pyridine rings is 1. The lowest BCUT2D eigenvalue weighted by Gasteiger charge is -2.10. The molecule has 1 N–H and O–H groups in total. The molecule has 0 aliphatic rings. The maximum absolute atomic E-state index is 5.20. The lowest BCUT2D eigenvalue weighted by molar-refractivity contribution is 0.415. The smallest absolute Gasteiger partial charge is 0.121 e. The van der Waals surface area contributed by atoms with Gasteiger partial charge in [-0.05, 0) is 56.1 Å². The summed E-state index contributed by atoms with van der Waals surface area (Å²) in [4.78, 5) is 4.37. The summed E-state index contributed by atoms with van der Waals surface area (Å²) >= 11 is 6.86. The predicted molar refractivity (Wildman–Crippen MR) is 80.0 cm³/mol. The topological polar surface area (TPSA) is 34.1 Å². The van der Waals surface area contributed by atoms with Crippen LogP contribution < -0.4 is 10.1 Å². The maximum atomic E-state index is 5.20. The second-order valence-corrected chi connectivity index (χ2v) is 5.32. The molecule has 0 aliphatic heterocycles. The van der Waals surface area contributed by atoms with E-state index in [2.05, 4.69) is 42.2 Å². The van der Waals surface area contributed by atoms with Gasteiger partial charge >= 0.3 is 0 Å². The highest BCUT2D eigenvalue weighted by Gasteiger charge is 2.02. The molecule has 18 heavy (non-hydrogen) atoms. The van der Waals surface area contributed by atoms with Crippen LogP contribution in [-0.4, -0.2) is 12.1 Å². The van der Waals surface area contributed by atoms with E-state index in [9.17, 15) is 0 Å². The molecule has 3 nitrogen and oxygen atoms in total. The molecule has 0 fully saturated rings. The number of methoxy groups -OCH3 is 1. The van der Waals surface area contributed by atoms with E-state index >= 15 is 0 Å². The first-order valence-electron chi connectivity index (χ1n) is 5.38. The van der Waals surface area contributed by atoms with Gasteiger partial charge in [-0.2, -0.15) is 0 Å². The number of benzene rings is 1. The number of hydrogen-bond acceptors (Lipinski definition) is 3. The molecule has 0 saturated heterocycles. The number of halogens is 2. The van der Waals surface area contributed by atoms with Gasteiger partial charge in [-0.1, -0.05) is 6.07 Å². The molecular weight excluding hydrogens is 360 g/mol. The minimum absolute atomic E-state index is 0.658. The number of nitrogens with one attached hydrogen (secondary N) is 1. The summed E-state index contributed by atoms with van der Waals surface area (Å²) in [7, 11) is 1.66. The van der Waals surface area contributed by atoms with Crippen LogP contribution >= 0.6 is 31.9 Å². The monoisotopic (exact) mass is 370 g/mol. The van der Waals surface area contributed by atoms with Crippen molar-refractivity contribution in [2.24, 2.45) is 0 Å². The average molecular weight is 372 g/mol. The van der Waals surface area contributed by atoms with Gasteiger partial charge in [0, 0.05) is 10.5 Å². The Balaban J connectivity index is 2.10. The molecule has 1 aromatic heterocycles. The van der Waals surface area contributed by atoms with Crippen molar-refractivity contribution in [2.75, 3.05) is 12.4 Å². The van der Waals surface area contributed by atoms with Crippen molar-refractivity contribution in [3.63, 3.8) is 0 Å². The van der Waals surface area contributed by atoms with Crippen molar-refractivity contribution in [1.29, 1.82) is 0 Å². The quantitative estimate of drug-likeness (QED) is 0.816. The van der Waals surface area contributed by atoms with Crippen molar-refractivity contribution in [3.8, 4) is 5.75 Å². The molecule has 0 aliphatic carbocycles. The lowest BCUT2D eigenvalue weighted by Crippen LogP contribution is -2.02. The molecule has 1 aromatic carbocycles. The van der Waals surface area contributed by atoms with Crippen LogP contribution in [0.4, 0.5) is 5.69 Å². The Hall–Kier alpha value is -1.07. The maximum Gasteiger partial charge on any atom is 0.121 e. The van der Waals surface area contributed by atoms with Crippen LogP contribution in [0, 0.1) is 0 Å². The van der Waals surface area contributed by atoms with Gasteiger partial charge in [0.1, 0.15) is 10.4 Å². The molecule has 0 saturated carbocycles. The van der Waals surface area contributed by atoms with Gasteiger partial charge in [0.05, 0.1) is 25.0 Å². The Morgan fingerprint density at radius 3 is 2.78 bits per heavy atom. The van der Waals surface area contributed by atoms with Crippen LogP contribution in [0.2, 0.25) is 0 Å². The Kier molecular flexibility index (Phi) is 4.60. The fourth-order valence-corrected chi connectivity index (χ4v) is 2.27. The number of hydrogen-bond donors (Lipinski definition) is 1. The van der Waals surface area contributed by atoms with E-state index in [1.165, 1.54) is 0 Å². The summed E-state index contributed by atoms with van der Waals surface area (Å²) in [5.41, 5.74) is 1.95. The number of ether oxygens (including phenoxy) is 1. The fourth-order valence-electron chi connectivity index (χ4n) is 1.50. The Morgan fingerprint density at radius 1 is 1.22 bits per heavy atom. The molecule has 0 atom stereocenters. The van der Waals surface area contributed by atoms with Crippen molar-refractivity contribution in [3.05, 3.63) is 51.2 Å². The van der Waals surface area contributed by atoms with Crippen LogP contribution in [-0.2, 0) is 6.54 Å². The predicted octanol–water partition coefficient (Wildman–Crippen LogP) is 4.23. The zero-order valence-electron chi connectivity index (χ0n) is 9.78. The van der Waals surface area contributed by atoms with Crippen molar-refractivity contribution in [1.82, 2.24) is 4.98 Å². The van der Waals surface area contributed by atoms with Gasteiger partial charge in [-0.25, -0.2) is 4.98 Å². The average Bonchev–Trinajstić information content (AvgIpc) is 2.38. The SMILES string of the molecule is COc1ccc(Br)c(NCc2cccc(Br)n2)c1. The van der Waals surface area contributed by atoms with Crippen molar-refractivity contribution >= 4 is 37.5 Å². The normalized spacial score (nSPS) is 10.2. The van der Waals surface area contributed by atoms with Crippen molar-refractivity contribution in [2.45, 2.75) is 6.54 Å². The Labute approximate surface area is 123 Å². The van der Waals surface area contributed by atoms with Crippen LogP contribution in [0.15, 0.2) is 45.5 Å². The van der Waals surface area contributed by atoms with Crippen LogP contribution in [0.3, 0.4) is 0 Å². The molecular formula is C13H12Br2N2O. The largest absolute Gasteiger partial charge is 0.497 e. The van der Waals surface area contributed by atoms with Gasteiger partial charge in [0.25, 0.3) is 0 Å². The van der Waals surface area contributed by atoms with E-state index in [4.69, 9.17) is 4.74 Å². The molecule has 5 heteroatoms. The molecule has 0 bridgehead atoms. The lowest BCUT2D eigenvalue weighted by atomic mass is 10.3. The Bertz CT molecular complexity index is 546. The van der Waals surface area contributed by atoms with Crippen molar-refractivity contribution < 1.29 is 4.74 Å². The third kappa shape index (κ3) is 3.46. The second kappa shape index (κ2) is 6.20. The highest BCUT2D eigenvalue weighted by molar-refractivity contribution is 9.10. The highest BCUT2D eigenvalue weighted by Crippen LogP contribution is 2.27. The zero-order valence-corrected chi connectivity index (χ0v) is 13.0. The summed E-state index contributed by atoms with van der Waals surface area (Å²) in [6.07, 6.45) is 0. The molecule has 0 radical (unpaired) electrons. The zero-order chi connectivity index (χ0) is 13.0. The van der Waals surface area contributed by atoms with Gasteiger partial charge in [0.15, 0.2) is 0 Å². The first-order valence-corrected chi connectivity index (χ1v) is 6.96. The fraction of sp³-hybridized carbons (Fsp3) is 0.154. The number of anilines is 1. The summed E-state index contributed by atoms with van der Waals surface area (Å²) in [6.45, 7) is 0.658.